The van der Waals surface area contributed by atoms with Crippen LogP contribution in [0.1, 0.15) is 6.42 Å². The van der Waals surface area contributed by atoms with Gasteiger partial charge in [-0.3, -0.25) is 0 Å². The van der Waals surface area contributed by atoms with Crippen molar-refractivity contribution in [3.63, 3.8) is 0 Å². The van der Waals surface area contributed by atoms with Gasteiger partial charge in [0.05, 0.1) is 4.88 Å². The predicted octanol–water partition coefficient (Wildman–Crippen LogP) is 2.75. The van der Waals surface area contributed by atoms with Crippen LogP contribution in [0.15, 0.2) is 28.1 Å². The zero-order valence-corrected chi connectivity index (χ0v) is 12.5. The number of anilines is 1. The third kappa shape index (κ3) is 3.28. The van der Waals surface area contributed by atoms with Crippen LogP contribution in [0.3, 0.4) is 0 Å². The van der Waals surface area contributed by atoms with Gasteiger partial charge in [-0.2, -0.15) is 0 Å². The van der Waals surface area contributed by atoms with Crippen LogP contribution in [0.2, 0.25) is 0 Å². The van der Waals surface area contributed by atoms with Crippen molar-refractivity contribution in [2.75, 3.05) is 25.0 Å². The molecule has 0 aromatic carbocycles. The van der Waals surface area contributed by atoms with Gasteiger partial charge in [0.1, 0.15) is 5.69 Å². The summed E-state index contributed by atoms with van der Waals surface area (Å²) < 4.78 is 1.08. The lowest BCUT2D eigenvalue weighted by Crippen LogP contribution is -2.22. The summed E-state index contributed by atoms with van der Waals surface area (Å²) >= 11 is 5.09. The number of nitrogens with two attached hydrogens (primary N) is 1. The molecule has 0 aliphatic rings. The third-order valence-electron chi connectivity index (χ3n) is 2.56. The van der Waals surface area contributed by atoms with Crippen LogP contribution in [0.25, 0.3) is 10.6 Å². The first-order valence-electron chi connectivity index (χ1n) is 5.70. The number of hydrogen-bond donors (Lipinski definition) is 1. The lowest BCUT2D eigenvalue weighted by atomic mass is 10.3. The number of thiophene rings is 1. The number of halogens is 1. The quantitative estimate of drug-likeness (QED) is 0.917. The van der Waals surface area contributed by atoms with Gasteiger partial charge < -0.3 is 10.6 Å². The van der Waals surface area contributed by atoms with E-state index in [0.717, 1.165) is 33.8 Å². The van der Waals surface area contributed by atoms with Crippen molar-refractivity contribution in [3.8, 4) is 10.6 Å². The van der Waals surface area contributed by atoms with Gasteiger partial charge in [-0.1, -0.05) is 0 Å². The Labute approximate surface area is 119 Å². The molecule has 2 N–H and O–H groups in total. The van der Waals surface area contributed by atoms with E-state index in [1.165, 1.54) is 0 Å². The molecule has 2 rings (SSSR count). The van der Waals surface area contributed by atoms with Crippen molar-refractivity contribution < 1.29 is 0 Å². The van der Waals surface area contributed by atoms with Crippen LogP contribution < -0.4 is 10.6 Å². The van der Waals surface area contributed by atoms with Crippen molar-refractivity contribution >= 4 is 33.1 Å². The Bertz CT molecular complexity index is 497. The van der Waals surface area contributed by atoms with E-state index in [9.17, 15) is 0 Å². The van der Waals surface area contributed by atoms with Gasteiger partial charge in [-0.25, -0.2) is 0 Å². The van der Waals surface area contributed by atoms with Crippen molar-refractivity contribution in [2.24, 2.45) is 5.73 Å². The second-order valence-corrected chi connectivity index (χ2v) is 5.80. The number of aromatic nitrogens is 2. The summed E-state index contributed by atoms with van der Waals surface area (Å²) in [5.74, 6) is 0.878. The standard InChI is InChI=1S/C12H15BrN4S/c1-17(6-2-5-14)12-4-3-10(15-16-12)11-7-9(13)8-18-11/h3-4,7-8H,2,5-6,14H2,1H3. The molecular formula is C12H15BrN4S. The molecule has 0 saturated heterocycles. The van der Waals surface area contributed by atoms with Crippen molar-refractivity contribution in [1.29, 1.82) is 0 Å². The van der Waals surface area contributed by atoms with E-state index < -0.39 is 0 Å². The molecule has 2 aromatic heterocycles. The molecule has 0 aliphatic carbocycles. The Hall–Kier alpha value is -0.980. The molecule has 0 saturated carbocycles. The molecule has 0 spiro atoms. The van der Waals surface area contributed by atoms with Gasteiger partial charge in [-0.15, -0.1) is 21.5 Å². The van der Waals surface area contributed by atoms with Crippen LogP contribution in [-0.4, -0.2) is 30.3 Å². The molecule has 0 aliphatic heterocycles. The van der Waals surface area contributed by atoms with Gasteiger partial charge in [0.25, 0.3) is 0 Å². The molecular weight excluding hydrogens is 312 g/mol. The topological polar surface area (TPSA) is 55.0 Å². The van der Waals surface area contributed by atoms with Crippen LogP contribution in [0.4, 0.5) is 5.82 Å². The highest BCUT2D eigenvalue weighted by atomic mass is 79.9. The first-order chi connectivity index (χ1) is 8.70. The minimum Gasteiger partial charge on any atom is -0.358 e. The molecule has 0 radical (unpaired) electrons. The molecule has 0 atom stereocenters. The minimum absolute atomic E-state index is 0.694. The molecule has 96 valence electrons. The molecule has 0 amide bonds. The Balaban J connectivity index is 2.10. The van der Waals surface area contributed by atoms with Gasteiger partial charge in [-0.05, 0) is 47.1 Å². The maximum absolute atomic E-state index is 5.49. The maximum atomic E-state index is 5.49. The van der Waals surface area contributed by atoms with Crippen molar-refractivity contribution in [2.45, 2.75) is 6.42 Å². The molecule has 18 heavy (non-hydrogen) atoms. The average molecular weight is 327 g/mol. The Kier molecular flexibility index (Phi) is 4.68. The summed E-state index contributed by atoms with van der Waals surface area (Å²) in [5, 5.41) is 10.5. The van der Waals surface area contributed by atoms with Crippen molar-refractivity contribution in [3.05, 3.63) is 28.1 Å². The lowest BCUT2D eigenvalue weighted by molar-refractivity contribution is 0.778. The summed E-state index contributed by atoms with van der Waals surface area (Å²) in [5.41, 5.74) is 6.40. The fourth-order valence-corrected chi connectivity index (χ4v) is 2.94. The fourth-order valence-electron chi connectivity index (χ4n) is 1.55. The Morgan fingerprint density at radius 3 is 2.78 bits per heavy atom. The maximum Gasteiger partial charge on any atom is 0.151 e. The molecule has 0 bridgehead atoms. The third-order valence-corrected chi connectivity index (χ3v) is 4.27. The highest BCUT2D eigenvalue weighted by Gasteiger charge is 2.06. The highest BCUT2D eigenvalue weighted by molar-refractivity contribution is 9.10. The molecule has 2 heterocycles. The Morgan fingerprint density at radius 2 is 2.22 bits per heavy atom. The number of hydrogen-bond acceptors (Lipinski definition) is 5. The summed E-state index contributed by atoms with van der Waals surface area (Å²) in [6.45, 7) is 1.59. The summed E-state index contributed by atoms with van der Waals surface area (Å²) in [4.78, 5) is 3.18. The van der Waals surface area contributed by atoms with E-state index in [0.29, 0.717) is 6.54 Å². The van der Waals surface area contributed by atoms with Gasteiger partial charge in [0.2, 0.25) is 0 Å². The van der Waals surface area contributed by atoms with Crippen LogP contribution in [0.5, 0.6) is 0 Å². The van der Waals surface area contributed by atoms with E-state index >= 15 is 0 Å². The average Bonchev–Trinajstić information content (AvgIpc) is 2.83. The second-order valence-electron chi connectivity index (χ2n) is 3.97. The molecule has 2 aromatic rings. The lowest BCUT2D eigenvalue weighted by Gasteiger charge is -2.16. The Morgan fingerprint density at radius 1 is 1.39 bits per heavy atom. The molecule has 4 nitrogen and oxygen atoms in total. The SMILES string of the molecule is CN(CCCN)c1ccc(-c2cc(Br)cs2)nn1. The largest absolute Gasteiger partial charge is 0.358 e. The molecule has 0 fully saturated rings. The van der Waals surface area contributed by atoms with Crippen molar-refractivity contribution in [1.82, 2.24) is 10.2 Å². The van der Waals surface area contributed by atoms with E-state index in [-0.39, 0.29) is 0 Å². The summed E-state index contributed by atoms with van der Waals surface area (Å²) in [6, 6.07) is 6.04. The summed E-state index contributed by atoms with van der Waals surface area (Å²) in [6.07, 6.45) is 0.956. The normalized spacial score (nSPS) is 10.6. The first kappa shape index (κ1) is 13.5. The van der Waals surface area contributed by atoms with Gasteiger partial charge >= 0.3 is 0 Å². The highest BCUT2D eigenvalue weighted by Crippen LogP contribution is 2.28. The molecule has 0 unspecified atom stereocenters. The minimum atomic E-state index is 0.694. The number of rotatable bonds is 5. The number of nitrogens with zero attached hydrogens (tertiary/aromatic N) is 3. The smallest absolute Gasteiger partial charge is 0.151 e. The fraction of sp³-hybridized carbons (Fsp3) is 0.333. The monoisotopic (exact) mass is 326 g/mol. The first-order valence-corrected chi connectivity index (χ1v) is 7.37. The van der Waals surface area contributed by atoms with Crippen LogP contribution in [-0.2, 0) is 0 Å². The zero-order valence-electron chi connectivity index (χ0n) is 10.1. The second kappa shape index (κ2) is 6.26. The van der Waals surface area contributed by atoms with E-state index in [1.54, 1.807) is 11.3 Å². The van der Waals surface area contributed by atoms with Crippen LogP contribution >= 0.6 is 27.3 Å². The van der Waals surface area contributed by atoms with E-state index in [2.05, 4.69) is 31.0 Å². The van der Waals surface area contributed by atoms with Crippen LogP contribution in [0, 0.1) is 0 Å². The van der Waals surface area contributed by atoms with Gasteiger partial charge in [0, 0.05) is 23.4 Å². The van der Waals surface area contributed by atoms with E-state index in [4.69, 9.17) is 5.73 Å². The summed E-state index contributed by atoms with van der Waals surface area (Å²) in [7, 11) is 2.00. The molecule has 6 heteroatoms. The van der Waals surface area contributed by atoms with Gasteiger partial charge in [0.15, 0.2) is 5.82 Å². The zero-order chi connectivity index (χ0) is 13.0. The predicted molar refractivity (Wildman–Crippen MR) is 80.0 cm³/mol. The van der Waals surface area contributed by atoms with E-state index in [1.807, 2.05) is 30.6 Å².